The number of hydrogen-bond acceptors (Lipinski definition) is 10. The van der Waals surface area contributed by atoms with Crippen LogP contribution in [0.4, 0.5) is 5.69 Å². The van der Waals surface area contributed by atoms with Crippen LogP contribution in [0.15, 0.2) is 24.3 Å². The lowest BCUT2D eigenvalue weighted by Crippen LogP contribution is -2.47. The molecule has 1 aromatic carbocycles. The Kier molecular flexibility index (Phi) is 18.4. The van der Waals surface area contributed by atoms with Gasteiger partial charge in [-0.1, -0.05) is 12.1 Å². The van der Waals surface area contributed by atoms with Gasteiger partial charge in [-0.3, -0.25) is 19.3 Å². The molecule has 12 heteroatoms. The summed E-state index contributed by atoms with van der Waals surface area (Å²) in [6, 6.07) is 7.96. The number of nitrogens with two attached hydrogens (primary N) is 1. The largest absolute Gasteiger partial charge is 0.388 e. The van der Waals surface area contributed by atoms with Crippen LogP contribution in [0.3, 0.4) is 0 Å². The smallest absolute Gasteiger partial charge is 0.246 e. The van der Waals surface area contributed by atoms with Gasteiger partial charge >= 0.3 is 0 Å². The van der Waals surface area contributed by atoms with Crippen LogP contribution in [0.25, 0.3) is 0 Å². The summed E-state index contributed by atoms with van der Waals surface area (Å²) in [5, 5.41) is 5.63. The SMILES string of the molecule is CNc1ccc(CCC(=O)N2CCC2=O)cc1.NCCOCCOCCOCCNC(=O)COCC=O. The van der Waals surface area contributed by atoms with Gasteiger partial charge in [-0.15, -0.1) is 0 Å². The van der Waals surface area contributed by atoms with Gasteiger partial charge < -0.3 is 40.1 Å². The van der Waals surface area contributed by atoms with E-state index in [1.54, 1.807) is 0 Å². The topological polar surface area (TPSA) is 159 Å². The summed E-state index contributed by atoms with van der Waals surface area (Å²) < 4.78 is 20.3. The molecule has 0 bridgehead atoms. The van der Waals surface area contributed by atoms with Gasteiger partial charge in [0.2, 0.25) is 17.7 Å². The van der Waals surface area contributed by atoms with Crippen molar-refractivity contribution in [2.24, 2.45) is 5.73 Å². The van der Waals surface area contributed by atoms with Gasteiger partial charge in [0, 0.05) is 45.2 Å². The number of nitrogens with one attached hydrogen (secondary N) is 2. The molecule has 1 aromatic rings. The normalized spacial score (nSPS) is 12.3. The Morgan fingerprint density at radius 1 is 1.00 bits per heavy atom. The number of ether oxygens (including phenoxy) is 4. The average Bonchev–Trinajstić information content (AvgIpc) is 2.90. The zero-order valence-corrected chi connectivity index (χ0v) is 21.6. The molecule has 4 N–H and O–H groups in total. The second-order valence-electron chi connectivity index (χ2n) is 7.79. The van der Waals surface area contributed by atoms with Crippen molar-refractivity contribution >= 4 is 29.7 Å². The Bertz CT molecular complexity index is 791. The summed E-state index contributed by atoms with van der Waals surface area (Å²) in [4.78, 5) is 45.1. The van der Waals surface area contributed by atoms with Crippen LogP contribution in [0, 0.1) is 0 Å². The number of rotatable bonds is 19. The predicted molar refractivity (Wildman–Crippen MR) is 137 cm³/mol. The summed E-state index contributed by atoms with van der Waals surface area (Å²) in [6.07, 6.45) is 2.21. The van der Waals surface area contributed by atoms with E-state index in [-0.39, 0.29) is 30.9 Å². The summed E-state index contributed by atoms with van der Waals surface area (Å²) in [5.74, 6) is -0.372. The van der Waals surface area contributed by atoms with E-state index in [9.17, 15) is 19.2 Å². The molecule has 1 saturated heterocycles. The third-order valence-corrected chi connectivity index (χ3v) is 5.02. The number of likely N-dealkylation sites (tertiary alicyclic amines) is 1. The number of β-lactam (4-membered cyclic amide) rings is 1. The fraction of sp³-hybridized carbons (Fsp3) is 0.600. The molecule has 0 unspecified atom stereocenters. The average molecular weight is 525 g/mol. The van der Waals surface area contributed by atoms with Crippen LogP contribution in [-0.4, -0.2) is 108 Å². The Labute approximate surface area is 218 Å². The Balaban J connectivity index is 0.000000373. The lowest BCUT2D eigenvalue weighted by Gasteiger charge is -2.28. The maximum atomic E-state index is 11.6. The van der Waals surface area contributed by atoms with Crippen LogP contribution >= 0.6 is 0 Å². The minimum Gasteiger partial charge on any atom is -0.388 e. The third kappa shape index (κ3) is 15.7. The molecule has 12 nitrogen and oxygen atoms in total. The monoisotopic (exact) mass is 524 g/mol. The molecule has 37 heavy (non-hydrogen) atoms. The van der Waals surface area contributed by atoms with Crippen molar-refractivity contribution in [3.63, 3.8) is 0 Å². The third-order valence-electron chi connectivity index (χ3n) is 5.02. The number of benzene rings is 1. The second-order valence-corrected chi connectivity index (χ2v) is 7.79. The molecule has 1 aliphatic heterocycles. The standard InChI is InChI=1S/C13H16N2O2.C12H24N2O6/c1-14-11-5-2-10(3-6-11)4-7-12(16)15-9-8-13(15)17;13-1-4-17-7-9-19-10-8-18-5-2-14-12(16)11-20-6-3-15/h2-3,5-6,14H,4,7-9H2,1H3;3H,1-2,4-11,13H2,(H,14,16). The molecule has 0 atom stereocenters. The number of anilines is 1. The van der Waals surface area contributed by atoms with Gasteiger partial charge in [-0.25, -0.2) is 0 Å². The highest BCUT2D eigenvalue weighted by molar-refractivity contribution is 5.99. The summed E-state index contributed by atoms with van der Waals surface area (Å²) in [6.45, 7) is 4.19. The minimum atomic E-state index is -0.274. The van der Waals surface area contributed by atoms with Crippen molar-refractivity contribution in [3.05, 3.63) is 29.8 Å². The molecule has 1 heterocycles. The number of imide groups is 1. The van der Waals surface area contributed by atoms with E-state index >= 15 is 0 Å². The number of nitrogens with zero attached hydrogens (tertiary/aromatic N) is 1. The molecule has 0 aliphatic carbocycles. The Hall–Kier alpha value is -2.90. The van der Waals surface area contributed by atoms with Gasteiger partial charge in [0.05, 0.1) is 39.6 Å². The van der Waals surface area contributed by atoms with Gasteiger partial charge in [0.1, 0.15) is 19.5 Å². The first kappa shape index (κ1) is 32.1. The van der Waals surface area contributed by atoms with Crippen molar-refractivity contribution in [2.45, 2.75) is 19.3 Å². The lowest BCUT2D eigenvalue weighted by atomic mass is 10.1. The molecule has 1 fully saturated rings. The van der Waals surface area contributed by atoms with Crippen molar-refractivity contribution in [3.8, 4) is 0 Å². The van der Waals surface area contributed by atoms with E-state index in [0.29, 0.717) is 84.8 Å². The number of carbonyl (C=O) groups is 4. The molecule has 0 aromatic heterocycles. The summed E-state index contributed by atoms with van der Waals surface area (Å²) in [5.41, 5.74) is 7.42. The van der Waals surface area contributed by atoms with Gasteiger partial charge in [-0.05, 0) is 24.1 Å². The molecular formula is C25H40N4O8. The van der Waals surface area contributed by atoms with E-state index in [4.69, 9.17) is 24.7 Å². The molecule has 1 aliphatic rings. The van der Waals surface area contributed by atoms with Gasteiger partial charge in [-0.2, -0.15) is 0 Å². The molecule has 0 spiro atoms. The fourth-order valence-corrected chi connectivity index (χ4v) is 2.94. The first-order valence-electron chi connectivity index (χ1n) is 12.3. The minimum absolute atomic E-state index is 0.0412. The van der Waals surface area contributed by atoms with Crippen molar-refractivity contribution in [2.75, 3.05) is 84.9 Å². The lowest BCUT2D eigenvalue weighted by molar-refractivity contribution is -0.152. The number of amides is 3. The number of aryl methyl sites for hydroxylation is 1. The molecule has 2 rings (SSSR count). The molecule has 3 amide bonds. The highest BCUT2D eigenvalue weighted by atomic mass is 16.5. The van der Waals surface area contributed by atoms with Crippen LogP contribution in [-0.2, 0) is 44.5 Å². The van der Waals surface area contributed by atoms with Gasteiger partial charge in [0.15, 0.2) is 0 Å². The Morgan fingerprint density at radius 3 is 2.19 bits per heavy atom. The maximum Gasteiger partial charge on any atom is 0.246 e. The molecule has 0 radical (unpaired) electrons. The van der Waals surface area contributed by atoms with Crippen molar-refractivity contribution in [1.29, 1.82) is 0 Å². The molecule has 0 saturated carbocycles. The number of carbonyl (C=O) groups excluding carboxylic acids is 4. The van der Waals surface area contributed by atoms with Crippen LogP contribution in [0.5, 0.6) is 0 Å². The fourth-order valence-electron chi connectivity index (χ4n) is 2.94. The maximum absolute atomic E-state index is 11.6. The first-order valence-corrected chi connectivity index (χ1v) is 12.3. The van der Waals surface area contributed by atoms with E-state index in [1.165, 1.54) is 4.90 Å². The molecular weight excluding hydrogens is 484 g/mol. The zero-order valence-electron chi connectivity index (χ0n) is 21.6. The first-order chi connectivity index (χ1) is 18.0. The number of aldehydes is 1. The van der Waals surface area contributed by atoms with Crippen molar-refractivity contribution < 1.29 is 38.1 Å². The van der Waals surface area contributed by atoms with Crippen LogP contribution < -0.4 is 16.4 Å². The van der Waals surface area contributed by atoms with Crippen LogP contribution in [0.2, 0.25) is 0 Å². The Morgan fingerprint density at radius 2 is 1.65 bits per heavy atom. The highest BCUT2D eigenvalue weighted by Crippen LogP contribution is 2.14. The summed E-state index contributed by atoms with van der Waals surface area (Å²) >= 11 is 0. The van der Waals surface area contributed by atoms with E-state index < -0.39 is 0 Å². The quantitative estimate of drug-likeness (QED) is 0.125. The summed E-state index contributed by atoms with van der Waals surface area (Å²) in [7, 11) is 1.87. The second kappa shape index (κ2) is 21.2. The highest BCUT2D eigenvalue weighted by Gasteiger charge is 2.29. The van der Waals surface area contributed by atoms with E-state index in [2.05, 4.69) is 10.6 Å². The number of hydrogen-bond donors (Lipinski definition) is 3. The van der Waals surface area contributed by atoms with E-state index in [0.717, 1.165) is 11.3 Å². The zero-order chi connectivity index (χ0) is 27.1. The predicted octanol–water partition coefficient (Wildman–Crippen LogP) is -0.254. The van der Waals surface area contributed by atoms with Crippen molar-refractivity contribution in [1.82, 2.24) is 10.2 Å². The van der Waals surface area contributed by atoms with E-state index in [1.807, 2.05) is 31.3 Å². The van der Waals surface area contributed by atoms with Gasteiger partial charge in [0.25, 0.3) is 0 Å². The molecule has 208 valence electrons. The van der Waals surface area contributed by atoms with Crippen LogP contribution in [0.1, 0.15) is 18.4 Å².